The van der Waals surface area contributed by atoms with Crippen molar-refractivity contribution in [1.29, 1.82) is 0 Å². The molecular formula is C10H19NO3. The third-order valence-corrected chi connectivity index (χ3v) is 2.86. The van der Waals surface area contributed by atoms with Crippen LogP contribution < -0.4 is 0 Å². The van der Waals surface area contributed by atoms with Crippen LogP contribution in [0.2, 0.25) is 0 Å². The van der Waals surface area contributed by atoms with Gasteiger partial charge in [0.05, 0.1) is 19.3 Å². The lowest BCUT2D eigenvalue weighted by atomic mass is 10.2. The molecule has 82 valence electrons. The van der Waals surface area contributed by atoms with Crippen molar-refractivity contribution in [2.75, 3.05) is 33.1 Å². The lowest BCUT2D eigenvalue weighted by Gasteiger charge is -2.29. The Balaban J connectivity index is 1.73. The van der Waals surface area contributed by atoms with Crippen molar-refractivity contribution < 1.29 is 14.6 Å². The Labute approximate surface area is 84.8 Å². The van der Waals surface area contributed by atoms with Gasteiger partial charge in [-0.3, -0.25) is 4.90 Å². The Kier molecular flexibility index (Phi) is 3.75. The first-order chi connectivity index (χ1) is 6.90. The molecule has 1 heterocycles. The van der Waals surface area contributed by atoms with Crippen molar-refractivity contribution in [3.8, 4) is 0 Å². The van der Waals surface area contributed by atoms with Crippen LogP contribution in [0.5, 0.6) is 0 Å². The Morgan fingerprint density at radius 1 is 1.29 bits per heavy atom. The first-order valence-electron chi connectivity index (χ1n) is 5.44. The molecule has 4 nitrogen and oxygen atoms in total. The van der Waals surface area contributed by atoms with Crippen molar-refractivity contribution in [2.24, 2.45) is 0 Å². The van der Waals surface area contributed by atoms with Gasteiger partial charge in [0, 0.05) is 19.1 Å². The van der Waals surface area contributed by atoms with Gasteiger partial charge in [-0.15, -0.1) is 0 Å². The van der Waals surface area contributed by atoms with Crippen LogP contribution in [-0.4, -0.2) is 55.2 Å². The third-order valence-electron chi connectivity index (χ3n) is 2.86. The topological polar surface area (TPSA) is 41.9 Å². The quantitative estimate of drug-likeness (QED) is 0.690. The van der Waals surface area contributed by atoms with Crippen LogP contribution >= 0.6 is 0 Å². The zero-order valence-corrected chi connectivity index (χ0v) is 8.52. The molecule has 0 amide bonds. The number of nitrogens with zero attached hydrogens (tertiary/aromatic N) is 1. The maximum absolute atomic E-state index is 8.94. The van der Waals surface area contributed by atoms with Crippen LogP contribution in [0.1, 0.15) is 19.3 Å². The minimum Gasteiger partial charge on any atom is -0.395 e. The largest absolute Gasteiger partial charge is 0.395 e. The normalized spacial score (nSPS) is 28.3. The molecule has 0 aromatic heterocycles. The second-order valence-corrected chi connectivity index (χ2v) is 4.05. The van der Waals surface area contributed by atoms with Gasteiger partial charge in [-0.25, -0.2) is 0 Å². The van der Waals surface area contributed by atoms with Gasteiger partial charge in [-0.1, -0.05) is 0 Å². The van der Waals surface area contributed by atoms with Gasteiger partial charge in [-0.05, 0) is 19.3 Å². The average molecular weight is 201 g/mol. The molecule has 1 atom stereocenters. The van der Waals surface area contributed by atoms with E-state index in [9.17, 15) is 0 Å². The molecule has 2 fully saturated rings. The lowest BCUT2D eigenvalue weighted by Crippen LogP contribution is -2.39. The molecule has 2 aliphatic rings. The Morgan fingerprint density at radius 2 is 2.14 bits per heavy atom. The first kappa shape index (κ1) is 10.4. The van der Waals surface area contributed by atoms with Crippen LogP contribution in [0.15, 0.2) is 0 Å². The van der Waals surface area contributed by atoms with Gasteiger partial charge < -0.3 is 14.6 Å². The fourth-order valence-electron chi connectivity index (χ4n) is 1.90. The van der Waals surface area contributed by atoms with Gasteiger partial charge in [0.1, 0.15) is 6.79 Å². The van der Waals surface area contributed by atoms with Crippen LogP contribution in [0.4, 0.5) is 0 Å². The van der Waals surface area contributed by atoms with E-state index in [-0.39, 0.29) is 6.61 Å². The van der Waals surface area contributed by atoms with E-state index in [0.717, 1.165) is 26.1 Å². The summed E-state index contributed by atoms with van der Waals surface area (Å²) < 4.78 is 10.6. The number of aliphatic hydroxyl groups excluding tert-OH is 1. The number of rotatable bonds is 5. The molecule has 0 spiro atoms. The molecule has 4 heteroatoms. The number of hydrogen-bond donors (Lipinski definition) is 1. The van der Waals surface area contributed by atoms with E-state index < -0.39 is 0 Å². The second kappa shape index (κ2) is 5.07. The molecule has 0 aromatic rings. The molecular weight excluding hydrogens is 182 g/mol. The predicted octanol–water partition coefficient (Wildman–Crippen LogP) is 0.206. The lowest BCUT2D eigenvalue weighted by molar-refractivity contribution is -0.145. The summed E-state index contributed by atoms with van der Waals surface area (Å²) in [4.78, 5) is 2.34. The molecule has 1 N–H and O–H groups in total. The number of aliphatic hydroxyl groups is 1. The van der Waals surface area contributed by atoms with Crippen molar-refractivity contribution in [3.63, 3.8) is 0 Å². The first-order valence-corrected chi connectivity index (χ1v) is 5.44. The van der Waals surface area contributed by atoms with Crippen molar-refractivity contribution in [2.45, 2.75) is 31.4 Å². The summed E-state index contributed by atoms with van der Waals surface area (Å²) in [5.74, 6) is 0. The van der Waals surface area contributed by atoms with Crippen molar-refractivity contribution >= 4 is 0 Å². The smallest absolute Gasteiger partial charge is 0.147 e. The maximum atomic E-state index is 8.94. The van der Waals surface area contributed by atoms with Gasteiger partial charge in [0.15, 0.2) is 0 Å². The Morgan fingerprint density at radius 3 is 2.71 bits per heavy atom. The fraction of sp³-hybridized carbons (Fsp3) is 1.00. The standard InChI is InChI=1S/C10H19NO3/c12-5-4-11(9-1-2-9)7-10-3-6-13-8-14-10/h9-10,12H,1-8H2. The number of ether oxygens (including phenoxy) is 2. The monoisotopic (exact) mass is 201 g/mol. The third kappa shape index (κ3) is 2.92. The molecule has 1 saturated carbocycles. The SMILES string of the molecule is OCCN(CC1CCOCO1)C1CC1. The molecule has 0 bridgehead atoms. The van der Waals surface area contributed by atoms with E-state index in [1.54, 1.807) is 0 Å². The highest BCUT2D eigenvalue weighted by molar-refractivity contribution is 4.85. The summed E-state index contributed by atoms with van der Waals surface area (Å²) in [7, 11) is 0. The maximum Gasteiger partial charge on any atom is 0.147 e. The minimum absolute atomic E-state index is 0.250. The van der Waals surface area contributed by atoms with E-state index in [1.165, 1.54) is 12.8 Å². The molecule has 14 heavy (non-hydrogen) atoms. The van der Waals surface area contributed by atoms with E-state index in [0.29, 0.717) is 18.9 Å². The molecule has 2 rings (SSSR count). The minimum atomic E-state index is 0.250. The van der Waals surface area contributed by atoms with Crippen LogP contribution in [0.25, 0.3) is 0 Å². The molecule has 0 aromatic carbocycles. The van der Waals surface area contributed by atoms with Gasteiger partial charge in [0.2, 0.25) is 0 Å². The molecule has 1 saturated heterocycles. The zero-order valence-electron chi connectivity index (χ0n) is 8.52. The van der Waals surface area contributed by atoms with Crippen molar-refractivity contribution in [1.82, 2.24) is 4.90 Å². The number of hydrogen-bond acceptors (Lipinski definition) is 4. The molecule has 1 aliphatic heterocycles. The summed E-state index contributed by atoms with van der Waals surface area (Å²) in [6.07, 6.45) is 3.84. The summed E-state index contributed by atoms with van der Waals surface area (Å²) in [6.45, 7) is 3.23. The van der Waals surface area contributed by atoms with Crippen LogP contribution in [0.3, 0.4) is 0 Å². The highest BCUT2D eigenvalue weighted by Gasteiger charge is 2.30. The van der Waals surface area contributed by atoms with Gasteiger partial charge in [-0.2, -0.15) is 0 Å². The highest BCUT2D eigenvalue weighted by Crippen LogP contribution is 2.27. The van der Waals surface area contributed by atoms with Crippen molar-refractivity contribution in [3.05, 3.63) is 0 Å². The highest BCUT2D eigenvalue weighted by atomic mass is 16.7. The van der Waals surface area contributed by atoms with Crippen LogP contribution in [-0.2, 0) is 9.47 Å². The predicted molar refractivity (Wildman–Crippen MR) is 52.0 cm³/mol. The van der Waals surface area contributed by atoms with E-state index in [2.05, 4.69) is 4.90 Å². The summed E-state index contributed by atoms with van der Waals surface area (Å²) in [6, 6.07) is 0.702. The molecule has 1 aliphatic carbocycles. The molecule has 1 unspecified atom stereocenters. The summed E-state index contributed by atoms with van der Waals surface area (Å²) >= 11 is 0. The van der Waals surface area contributed by atoms with Gasteiger partial charge in [0.25, 0.3) is 0 Å². The van der Waals surface area contributed by atoms with Gasteiger partial charge >= 0.3 is 0 Å². The van der Waals surface area contributed by atoms with Crippen LogP contribution in [0, 0.1) is 0 Å². The fourth-order valence-corrected chi connectivity index (χ4v) is 1.90. The van der Waals surface area contributed by atoms with E-state index in [4.69, 9.17) is 14.6 Å². The summed E-state index contributed by atoms with van der Waals surface area (Å²) in [5, 5.41) is 8.94. The average Bonchev–Trinajstić information content (AvgIpc) is 3.02. The second-order valence-electron chi connectivity index (χ2n) is 4.05. The van der Waals surface area contributed by atoms with E-state index in [1.807, 2.05) is 0 Å². The zero-order chi connectivity index (χ0) is 9.80. The van der Waals surface area contributed by atoms with E-state index >= 15 is 0 Å². The Bertz CT molecular complexity index is 167. The summed E-state index contributed by atoms with van der Waals surface area (Å²) in [5.41, 5.74) is 0. The molecule has 0 radical (unpaired) electrons. The Hall–Kier alpha value is -0.160.